The lowest BCUT2D eigenvalue weighted by Crippen LogP contribution is -2.17. The molecule has 0 radical (unpaired) electrons. The third kappa shape index (κ3) is 9.92. The van der Waals surface area contributed by atoms with E-state index in [0.29, 0.717) is 42.0 Å². The summed E-state index contributed by atoms with van der Waals surface area (Å²) in [5, 5.41) is 18.4. The van der Waals surface area contributed by atoms with Gasteiger partial charge in [-0.15, -0.1) is 0 Å². The molecule has 0 aromatic heterocycles. The fourth-order valence-corrected chi connectivity index (χ4v) is 3.15. The van der Waals surface area contributed by atoms with Gasteiger partial charge in [0.2, 0.25) is 11.8 Å². The van der Waals surface area contributed by atoms with Crippen molar-refractivity contribution in [3.8, 4) is 5.75 Å². The zero-order chi connectivity index (χ0) is 24.6. The molecule has 0 fully saturated rings. The molecule has 2 amide bonds. The molecule has 0 heterocycles. The summed E-state index contributed by atoms with van der Waals surface area (Å²) in [6.07, 6.45) is 3.66. The molecule has 12 nitrogen and oxygen atoms in total. The maximum atomic E-state index is 12.1. The Hall–Kier alpha value is -4.24. The number of azide groups is 2. The number of benzene rings is 2. The van der Waals surface area contributed by atoms with E-state index in [4.69, 9.17) is 21.0 Å². The van der Waals surface area contributed by atoms with Crippen molar-refractivity contribution in [2.45, 2.75) is 51.7 Å². The number of nitrogens with one attached hydrogen (secondary N) is 2. The molecule has 0 saturated heterocycles. The van der Waals surface area contributed by atoms with Crippen molar-refractivity contribution in [1.29, 1.82) is 0 Å². The fourth-order valence-electron chi connectivity index (χ4n) is 3.15. The Morgan fingerprint density at radius 2 is 1.59 bits per heavy atom. The van der Waals surface area contributed by atoms with Crippen molar-refractivity contribution >= 4 is 23.2 Å². The average molecular weight is 467 g/mol. The maximum Gasteiger partial charge on any atom is 0.243 e. The molecule has 0 unspecified atom stereocenters. The van der Waals surface area contributed by atoms with E-state index in [1.807, 2.05) is 0 Å². The predicted molar refractivity (Wildman–Crippen MR) is 125 cm³/mol. The smallest absolute Gasteiger partial charge is 0.243 e. The first-order valence-corrected chi connectivity index (χ1v) is 10.7. The van der Waals surface area contributed by atoms with Gasteiger partial charge in [-0.25, -0.2) is 5.48 Å². The van der Waals surface area contributed by atoms with Crippen molar-refractivity contribution < 1.29 is 19.5 Å². The Kier molecular flexibility index (Phi) is 11.3. The minimum Gasteiger partial charge on any atom is -0.489 e. The van der Waals surface area contributed by atoms with Crippen LogP contribution in [-0.4, -0.2) is 17.0 Å². The summed E-state index contributed by atoms with van der Waals surface area (Å²) in [6.45, 7) is 0.345. The number of anilines is 1. The Morgan fingerprint density at radius 3 is 2.24 bits per heavy atom. The van der Waals surface area contributed by atoms with Crippen LogP contribution in [0.3, 0.4) is 0 Å². The lowest BCUT2D eigenvalue weighted by atomic mass is 10.1. The number of nitrogens with zero attached hydrogens (tertiary/aromatic N) is 6. The molecule has 34 heavy (non-hydrogen) atoms. The lowest BCUT2D eigenvalue weighted by Gasteiger charge is -2.10. The molecule has 2 aromatic rings. The summed E-state index contributed by atoms with van der Waals surface area (Å²) < 4.78 is 5.78. The van der Waals surface area contributed by atoms with Crippen LogP contribution in [0.5, 0.6) is 5.75 Å². The van der Waals surface area contributed by atoms with Gasteiger partial charge in [0.05, 0.1) is 6.54 Å². The second-order valence-corrected chi connectivity index (χ2v) is 7.40. The molecule has 0 spiro atoms. The van der Waals surface area contributed by atoms with Gasteiger partial charge in [0, 0.05) is 34.0 Å². The highest BCUT2D eigenvalue weighted by atomic mass is 16.5. The maximum absolute atomic E-state index is 12.1. The highest BCUT2D eigenvalue weighted by molar-refractivity contribution is 5.90. The first kappa shape index (κ1) is 26.0. The van der Waals surface area contributed by atoms with Crippen LogP contribution in [0.4, 0.5) is 11.4 Å². The average Bonchev–Trinajstić information content (AvgIpc) is 2.84. The quantitative estimate of drug-likeness (QED) is 0.0793. The molecule has 0 aliphatic carbocycles. The van der Waals surface area contributed by atoms with Gasteiger partial charge in [-0.1, -0.05) is 29.1 Å². The van der Waals surface area contributed by atoms with Gasteiger partial charge in [0.1, 0.15) is 12.4 Å². The Bertz CT molecular complexity index is 1060. The van der Waals surface area contributed by atoms with Crippen LogP contribution >= 0.6 is 0 Å². The third-order valence-electron chi connectivity index (χ3n) is 4.74. The minimum atomic E-state index is -0.401. The van der Waals surface area contributed by atoms with Crippen molar-refractivity contribution in [1.82, 2.24) is 5.48 Å². The van der Waals surface area contributed by atoms with E-state index in [1.165, 1.54) is 0 Å². The van der Waals surface area contributed by atoms with Crippen LogP contribution in [0.15, 0.2) is 52.7 Å². The Morgan fingerprint density at radius 1 is 0.912 bits per heavy atom. The lowest BCUT2D eigenvalue weighted by molar-refractivity contribution is -0.129. The summed E-state index contributed by atoms with van der Waals surface area (Å²) >= 11 is 0. The number of carbonyl (C=O) groups excluding carboxylic acids is 2. The van der Waals surface area contributed by atoms with Gasteiger partial charge in [0.15, 0.2) is 0 Å². The zero-order valence-electron chi connectivity index (χ0n) is 18.6. The van der Waals surface area contributed by atoms with Gasteiger partial charge >= 0.3 is 0 Å². The summed E-state index contributed by atoms with van der Waals surface area (Å²) in [7, 11) is 0. The van der Waals surface area contributed by atoms with E-state index in [1.54, 1.807) is 47.9 Å². The van der Waals surface area contributed by atoms with Crippen molar-refractivity contribution in [3.05, 3.63) is 74.5 Å². The number of rotatable bonds is 14. The first-order chi connectivity index (χ1) is 16.5. The standard InChI is InChI=1S/C22H26N8O4/c23-29-25-14-16-11-17(13-19(12-16)27-30-24)15-34-20-9-7-18(8-10-20)26-21(31)5-3-1-2-4-6-22(32)28-33/h7-13,33H,1-6,14-15H2,(H,26,31)(H,28,32). The van der Waals surface area contributed by atoms with E-state index in [2.05, 4.69) is 25.4 Å². The summed E-state index contributed by atoms with van der Waals surface area (Å²) in [4.78, 5) is 28.5. The molecule has 0 saturated carbocycles. The van der Waals surface area contributed by atoms with Crippen LogP contribution < -0.4 is 15.5 Å². The molecule has 12 heteroatoms. The number of carbonyl (C=O) groups is 2. The van der Waals surface area contributed by atoms with Gasteiger partial charge in [0.25, 0.3) is 0 Å². The number of hydroxylamine groups is 1. The zero-order valence-corrected chi connectivity index (χ0v) is 18.6. The predicted octanol–water partition coefficient (Wildman–Crippen LogP) is 5.80. The molecule has 3 N–H and O–H groups in total. The Labute approximate surface area is 196 Å². The van der Waals surface area contributed by atoms with Gasteiger partial charge in [-0.05, 0) is 71.4 Å². The number of hydrogen-bond acceptors (Lipinski definition) is 6. The molecule has 0 aliphatic heterocycles. The molecular weight excluding hydrogens is 440 g/mol. The van der Waals surface area contributed by atoms with Crippen LogP contribution in [0, 0.1) is 0 Å². The first-order valence-electron chi connectivity index (χ1n) is 10.7. The monoisotopic (exact) mass is 466 g/mol. The van der Waals surface area contributed by atoms with Crippen LogP contribution in [0.1, 0.15) is 49.7 Å². The summed E-state index contributed by atoms with van der Waals surface area (Å²) in [5.41, 5.74) is 21.3. The normalized spacial score (nSPS) is 9.91. The van der Waals surface area contributed by atoms with Crippen LogP contribution in [-0.2, 0) is 22.7 Å². The van der Waals surface area contributed by atoms with E-state index in [-0.39, 0.29) is 25.5 Å². The Balaban J connectivity index is 1.80. The minimum absolute atomic E-state index is 0.0933. The highest BCUT2D eigenvalue weighted by Gasteiger charge is 2.05. The SMILES string of the molecule is [N-]=[N+]=NCc1cc(COc2ccc(NC(=O)CCCCCCC(=O)NO)cc2)cc(N=[N+]=[N-])c1. The molecule has 0 aliphatic rings. The number of amides is 2. The molecule has 0 atom stereocenters. The van der Waals surface area contributed by atoms with E-state index in [0.717, 1.165) is 18.4 Å². The molecule has 2 aromatic carbocycles. The number of ether oxygens (including phenoxy) is 1. The van der Waals surface area contributed by atoms with Crippen LogP contribution in [0.2, 0.25) is 0 Å². The second kappa shape index (κ2) is 14.8. The van der Waals surface area contributed by atoms with Crippen LogP contribution in [0.25, 0.3) is 20.9 Å². The molecule has 2 rings (SSSR count). The number of unbranched alkanes of at least 4 members (excludes halogenated alkanes) is 3. The fraction of sp³-hybridized carbons (Fsp3) is 0.364. The third-order valence-corrected chi connectivity index (χ3v) is 4.74. The van der Waals surface area contributed by atoms with Crippen molar-refractivity contribution in [2.75, 3.05) is 5.32 Å². The van der Waals surface area contributed by atoms with E-state index >= 15 is 0 Å². The number of hydrogen-bond donors (Lipinski definition) is 3. The van der Waals surface area contributed by atoms with Gasteiger partial charge in [-0.2, -0.15) is 0 Å². The summed E-state index contributed by atoms with van der Waals surface area (Å²) in [6, 6.07) is 12.1. The van der Waals surface area contributed by atoms with Crippen molar-refractivity contribution in [3.63, 3.8) is 0 Å². The topological polar surface area (TPSA) is 185 Å². The van der Waals surface area contributed by atoms with E-state index < -0.39 is 5.91 Å². The van der Waals surface area contributed by atoms with Gasteiger partial charge in [-0.3, -0.25) is 14.8 Å². The van der Waals surface area contributed by atoms with Crippen molar-refractivity contribution in [2.24, 2.45) is 10.2 Å². The molecular formula is C22H26N8O4. The van der Waals surface area contributed by atoms with Gasteiger partial charge < -0.3 is 10.1 Å². The summed E-state index contributed by atoms with van der Waals surface area (Å²) in [5.74, 6) is 0.0989. The molecule has 0 bridgehead atoms. The van der Waals surface area contributed by atoms with E-state index in [9.17, 15) is 9.59 Å². The molecule has 178 valence electrons. The highest BCUT2D eigenvalue weighted by Crippen LogP contribution is 2.22. The largest absolute Gasteiger partial charge is 0.489 e. The second-order valence-electron chi connectivity index (χ2n) is 7.40.